The number of nitrogens with two attached hydrogens (primary N) is 1. The second-order valence-corrected chi connectivity index (χ2v) is 5.62. The minimum atomic E-state index is -0.787. The maximum Gasteiger partial charge on any atom is 0.233 e. The number of nitrogens with one attached hydrogen (secondary N) is 1. The van der Waals surface area contributed by atoms with Crippen molar-refractivity contribution in [1.29, 1.82) is 0 Å². The Labute approximate surface area is 107 Å². The highest BCUT2D eigenvalue weighted by Crippen LogP contribution is 2.31. The van der Waals surface area contributed by atoms with Gasteiger partial charge in [0.25, 0.3) is 0 Å². The summed E-state index contributed by atoms with van der Waals surface area (Å²) in [6.45, 7) is 8.88. The SMILES string of the molecule is Cc1ccc(O)c(NC(=O)C(C)(C)C(C)(C)N)n1. The minimum absolute atomic E-state index is 0.0559. The Kier molecular flexibility index (Phi) is 3.67. The summed E-state index contributed by atoms with van der Waals surface area (Å²) in [6, 6.07) is 3.17. The van der Waals surface area contributed by atoms with Crippen molar-refractivity contribution in [2.75, 3.05) is 5.32 Å². The van der Waals surface area contributed by atoms with E-state index < -0.39 is 11.0 Å². The summed E-state index contributed by atoms with van der Waals surface area (Å²) in [4.78, 5) is 16.3. The molecule has 0 saturated heterocycles. The molecule has 5 heteroatoms. The van der Waals surface area contributed by atoms with Crippen LogP contribution in [0.3, 0.4) is 0 Å². The zero-order valence-corrected chi connectivity index (χ0v) is 11.5. The van der Waals surface area contributed by atoms with E-state index >= 15 is 0 Å². The molecule has 0 aliphatic rings. The molecular formula is C13H21N3O2. The minimum Gasteiger partial charge on any atom is -0.504 e. The summed E-state index contributed by atoms with van der Waals surface area (Å²) in [5.74, 6) is -0.166. The zero-order chi connectivity index (χ0) is 14.1. The molecule has 0 fully saturated rings. The number of pyridine rings is 1. The molecule has 0 saturated carbocycles. The number of aromatic nitrogens is 1. The summed E-state index contributed by atoms with van der Waals surface area (Å²) in [5.41, 5.74) is 5.24. The monoisotopic (exact) mass is 251 g/mol. The summed E-state index contributed by atoms with van der Waals surface area (Å²) in [5, 5.41) is 12.3. The molecule has 0 aliphatic heterocycles. The number of hydrogen-bond acceptors (Lipinski definition) is 4. The van der Waals surface area contributed by atoms with E-state index in [-0.39, 0.29) is 17.5 Å². The molecule has 0 unspecified atom stereocenters. The molecule has 0 aromatic carbocycles. The van der Waals surface area contributed by atoms with Crippen LogP contribution in [0.2, 0.25) is 0 Å². The molecule has 0 atom stereocenters. The average Bonchev–Trinajstić information content (AvgIpc) is 2.21. The van der Waals surface area contributed by atoms with Gasteiger partial charge in [-0.25, -0.2) is 4.98 Å². The number of rotatable bonds is 3. The van der Waals surface area contributed by atoms with Crippen LogP contribution in [0.25, 0.3) is 0 Å². The quantitative estimate of drug-likeness (QED) is 0.764. The standard InChI is InChI=1S/C13H21N3O2/c1-8-6-7-9(17)10(15-8)16-11(18)12(2,3)13(4,5)14/h6-7,17H,14H2,1-5H3,(H,15,16,18). The lowest BCUT2D eigenvalue weighted by molar-refractivity contribution is -0.126. The summed E-state index contributed by atoms with van der Waals surface area (Å²) in [6.07, 6.45) is 0. The predicted octanol–water partition coefficient (Wildman–Crippen LogP) is 1.80. The van der Waals surface area contributed by atoms with Crippen molar-refractivity contribution in [2.24, 2.45) is 11.1 Å². The first-order chi connectivity index (χ1) is 8.05. The van der Waals surface area contributed by atoms with Crippen LogP contribution in [0.4, 0.5) is 5.82 Å². The second kappa shape index (κ2) is 4.57. The molecule has 100 valence electrons. The molecule has 5 nitrogen and oxygen atoms in total. The van der Waals surface area contributed by atoms with Crippen LogP contribution in [0.5, 0.6) is 5.75 Å². The summed E-state index contributed by atoms with van der Waals surface area (Å²) < 4.78 is 0. The number of carbonyl (C=O) groups excluding carboxylic acids is 1. The highest BCUT2D eigenvalue weighted by Gasteiger charge is 2.40. The normalized spacial score (nSPS) is 12.3. The maximum absolute atomic E-state index is 12.2. The van der Waals surface area contributed by atoms with Gasteiger partial charge in [-0.05, 0) is 46.8 Å². The first-order valence-corrected chi connectivity index (χ1v) is 5.82. The number of carbonyl (C=O) groups is 1. The van der Waals surface area contributed by atoms with Gasteiger partial charge in [0.1, 0.15) is 0 Å². The van der Waals surface area contributed by atoms with Crippen LogP contribution < -0.4 is 11.1 Å². The van der Waals surface area contributed by atoms with Crippen LogP contribution in [-0.2, 0) is 4.79 Å². The zero-order valence-electron chi connectivity index (χ0n) is 11.5. The maximum atomic E-state index is 12.2. The van der Waals surface area contributed by atoms with E-state index in [1.165, 1.54) is 6.07 Å². The van der Waals surface area contributed by atoms with E-state index in [4.69, 9.17) is 5.73 Å². The molecule has 0 bridgehead atoms. The van der Waals surface area contributed by atoms with E-state index in [9.17, 15) is 9.90 Å². The van der Waals surface area contributed by atoms with Crippen molar-refractivity contribution >= 4 is 11.7 Å². The van der Waals surface area contributed by atoms with Crippen LogP contribution in [0.15, 0.2) is 12.1 Å². The van der Waals surface area contributed by atoms with Crippen molar-refractivity contribution in [1.82, 2.24) is 4.98 Å². The topological polar surface area (TPSA) is 88.2 Å². The number of amides is 1. The molecule has 4 N–H and O–H groups in total. The Hall–Kier alpha value is -1.62. The van der Waals surface area contributed by atoms with Crippen molar-refractivity contribution in [2.45, 2.75) is 40.2 Å². The van der Waals surface area contributed by atoms with Crippen molar-refractivity contribution in [3.05, 3.63) is 17.8 Å². The van der Waals surface area contributed by atoms with Crippen LogP contribution in [0, 0.1) is 12.3 Å². The number of aryl methyl sites for hydroxylation is 1. The Morgan fingerprint density at radius 2 is 1.89 bits per heavy atom. The fraction of sp³-hybridized carbons (Fsp3) is 0.538. The molecule has 1 aromatic heterocycles. The van der Waals surface area contributed by atoms with E-state index in [1.807, 2.05) is 0 Å². The summed E-state index contributed by atoms with van der Waals surface area (Å²) in [7, 11) is 0. The lowest BCUT2D eigenvalue weighted by atomic mass is 9.74. The van der Waals surface area contributed by atoms with Crippen LogP contribution in [0.1, 0.15) is 33.4 Å². The Balaban J connectivity index is 2.98. The molecule has 1 amide bonds. The van der Waals surface area contributed by atoms with Gasteiger partial charge in [0.05, 0.1) is 5.41 Å². The van der Waals surface area contributed by atoms with Gasteiger partial charge in [-0.3, -0.25) is 4.79 Å². The predicted molar refractivity (Wildman–Crippen MR) is 71.3 cm³/mol. The Morgan fingerprint density at radius 1 is 1.33 bits per heavy atom. The molecule has 1 heterocycles. The smallest absolute Gasteiger partial charge is 0.233 e. The first-order valence-electron chi connectivity index (χ1n) is 5.82. The van der Waals surface area contributed by atoms with E-state index in [2.05, 4.69) is 10.3 Å². The molecule has 18 heavy (non-hydrogen) atoms. The van der Waals surface area contributed by atoms with E-state index in [1.54, 1.807) is 40.7 Å². The Morgan fingerprint density at radius 3 is 2.39 bits per heavy atom. The summed E-state index contributed by atoms with van der Waals surface area (Å²) >= 11 is 0. The van der Waals surface area contributed by atoms with Gasteiger partial charge in [-0.1, -0.05) is 0 Å². The average molecular weight is 251 g/mol. The Bertz CT molecular complexity index is 462. The third-order valence-corrected chi connectivity index (χ3v) is 3.42. The molecule has 1 aromatic rings. The molecular weight excluding hydrogens is 230 g/mol. The number of hydrogen-bond donors (Lipinski definition) is 3. The highest BCUT2D eigenvalue weighted by molar-refractivity contribution is 5.96. The van der Waals surface area contributed by atoms with Gasteiger partial charge in [-0.2, -0.15) is 0 Å². The lowest BCUT2D eigenvalue weighted by Gasteiger charge is -2.36. The molecule has 0 spiro atoms. The van der Waals surface area contributed by atoms with Crippen molar-refractivity contribution < 1.29 is 9.90 Å². The van der Waals surface area contributed by atoms with Crippen molar-refractivity contribution in [3.8, 4) is 5.75 Å². The van der Waals surface area contributed by atoms with E-state index in [0.29, 0.717) is 5.69 Å². The largest absolute Gasteiger partial charge is 0.504 e. The lowest BCUT2D eigenvalue weighted by Crippen LogP contribution is -2.53. The number of anilines is 1. The molecule has 0 radical (unpaired) electrons. The van der Waals surface area contributed by atoms with Gasteiger partial charge >= 0.3 is 0 Å². The van der Waals surface area contributed by atoms with Gasteiger partial charge in [0.2, 0.25) is 5.91 Å². The number of nitrogens with zero attached hydrogens (tertiary/aromatic N) is 1. The molecule has 0 aliphatic carbocycles. The first kappa shape index (κ1) is 14.4. The van der Waals surface area contributed by atoms with Gasteiger partial charge in [0, 0.05) is 11.2 Å². The third kappa shape index (κ3) is 2.79. The van der Waals surface area contributed by atoms with Gasteiger partial charge in [0.15, 0.2) is 11.6 Å². The second-order valence-electron chi connectivity index (χ2n) is 5.62. The fourth-order valence-electron chi connectivity index (χ4n) is 1.20. The third-order valence-electron chi connectivity index (χ3n) is 3.42. The fourth-order valence-corrected chi connectivity index (χ4v) is 1.20. The van der Waals surface area contributed by atoms with E-state index in [0.717, 1.165) is 0 Å². The van der Waals surface area contributed by atoms with Crippen LogP contribution >= 0.6 is 0 Å². The van der Waals surface area contributed by atoms with Gasteiger partial charge in [-0.15, -0.1) is 0 Å². The highest BCUT2D eigenvalue weighted by atomic mass is 16.3. The van der Waals surface area contributed by atoms with Crippen LogP contribution in [-0.4, -0.2) is 21.5 Å². The number of aromatic hydroxyl groups is 1. The van der Waals surface area contributed by atoms with Crippen molar-refractivity contribution in [3.63, 3.8) is 0 Å². The molecule has 1 rings (SSSR count). The van der Waals surface area contributed by atoms with Gasteiger partial charge < -0.3 is 16.2 Å².